The molecule has 0 aliphatic carbocycles. The van der Waals surface area contributed by atoms with E-state index in [0.29, 0.717) is 5.92 Å². The average molecular weight is 257 g/mol. The van der Waals surface area contributed by atoms with Crippen molar-refractivity contribution in [3.63, 3.8) is 0 Å². The molecule has 1 saturated heterocycles. The number of hydrogen-bond donors (Lipinski definition) is 2. The Morgan fingerprint density at radius 1 is 1.37 bits per heavy atom. The van der Waals surface area contributed by atoms with E-state index in [1.807, 2.05) is 13.0 Å². The molecule has 0 amide bonds. The first-order valence-corrected chi connectivity index (χ1v) is 6.69. The molecule has 1 aliphatic rings. The van der Waals surface area contributed by atoms with Gasteiger partial charge in [0.1, 0.15) is 0 Å². The number of nitrogens with one attached hydrogen (secondary N) is 1. The van der Waals surface area contributed by atoms with Gasteiger partial charge in [0.15, 0.2) is 0 Å². The Morgan fingerprint density at radius 2 is 2.26 bits per heavy atom. The van der Waals surface area contributed by atoms with E-state index in [9.17, 15) is 0 Å². The second-order valence-corrected chi connectivity index (χ2v) is 5.17. The molecule has 2 atom stereocenters. The third kappa shape index (κ3) is 2.47. The molecule has 100 valence electrons. The van der Waals surface area contributed by atoms with E-state index in [-0.39, 0.29) is 6.04 Å². The lowest BCUT2D eigenvalue weighted by atomic mass is 9.92. The second-order valence-electron chi connectivity index (χ2n) is 5.17. The van der Waals surface area contributed by atoms with Crippen LogP contribution in [0.1, 0.15) is 23.7 Å². The van der Waals surface area contributed by atoms with Gasteiger partial charge in [-0.05, 0) is 37.1 Å². The lowest BCUT2D eigenvalue weighted by Gasteiger charge is -2.22. The predicted octanol–water partition coefficient (Wildman–Crippen LogP) is 2.08. The van der Waals surface area contributed by atoms with Crippen LogP contribution in [0.2, 0.25) is 0 Å². The lowest BCUT2D eigenvalue weighted by Crippen LogP contribution is -2.33. The van der Waals surface area contributed by atoms with Crippen LogP contribution in [0.5, 0.6) is 0 Å². The normalized spacial score (nSPS) is 20.8. The van der Waals surface area contributed by atoms with Gasteiger partial charge in [0.05, 0.1) is 18.2 Å². The molecule has 0 spiro atoms. The van der Waals surface area contributed by atoms with Crippen LogP contribution in [0.25, 0.3) is 10.9 Å². The molecule has 1 fully saturated rings. The maximum absolute atomic E-state index is 5.73. The van der Waals surface area contributed by atoms with Crippen LogP contribution < -0.4 is 11.3 Å². The van der Waals surface area contributed by atoms with Gasteiger partial charge in [-0.15, -0.1) is 0 Å². The van der Waals surface area contributed by atoms with E-state index >= 15 is 0 Å². The highest BCUT2D eigenvalue weighted by Crippen LogP contribution is 2.29. The van der Waals surface area contributed by atoms with Gasteiger partial charge < -0.3 is 4.74 Å². The number of pyridine rings is 1. The Kier molecular flexibility index (Phi) is 3.46. The van der Waals surface area contributed by atoms with Crippen LogP contribution in [-0.4, -0.2) is 18.2 Å². The molecule has 0 saturated carbocycles. The Labute approximate surface area is 112 Å². The van der Waals surface area contributed by atoms with Gasteiger partial charge in [0, 0.05) is 23.6 Å². The van der Waals surface area contributed by atoms with E-state index in [1.54, 1.807) is 0 Å². The topological polar surface area (TPSA) is 60.2 Å². The van der Waals surface area contributed by atoms with Crippen molar-refractivity contribution in [3.05, 3.63) is 41.6 Å². The minimum atomic E-state index is 0.146. The fraction of sp³-hybridized carbons (Fsp3) is 0.400. The molecule has 4 heteroatoms. The summed E-state index contributed by atoms with van der Waals surface area (Å²) < 4.78 is 5.46. The van der Waals surface area contributed by atoms with Crippen molar-refractivity contribution >= 4 is 10.9 Å². The van der Waals surface area contributed by atoms with Crippen LogP contribution in [0, 0.1) is 12.8 Å². The molecule has 19 heavy (non-hydrogen) atoms. The molecular weight excluding hydrogens is 238 g/mol. The fourth-order valence-corrected chi connectivity index (χ4v) is 2.76. The number of benzene rings is 1. The number of nitrogens with zero attached hydrogens (tertiary/aromatic N) is 1. The molecule has 1 aromatic carbocycles. The van der Waals surface area contributed by atoms with Crippen molar-refractivity contribution < 1.29 is 4.74 Å². The molecule has 2 heterocycles. The van der Waals surface area contributed by atoms with Crippen molar-refractivity contribution in [1.82, 2.24) is 10.4 Å². The van der Waals surface area contributed by atoms with Crippen LogP contribution in [0.3, 0.4) is 0 Å². The van der Waals surface area contributed by atoms with Gasteiger partial charge in [-0.25, -0.2) is 0 Å². The summed E-state index contributed by atoms with van der Waals surface area (Å²) in [5.41, 5.74) is 6.21. The van der Waals surface area contributed by atoms with Crippen LogP contribution in [-0.2, 0) is 4.74 Å². The van der Waals surface area contributed by atoms with E-state index in [0.717, 1.165) is 36.2 Å². The lowest BCUT2D eigenvalue weighted by molar-refractivity contribution is 0.177. The number of hydrazine groups is 1. The Bertz CT molecular complexity index is 579. The summed E-state index contributed by atoms with van der Waals surface area (Å²) in [6, 6.07) is 10.6. The molecule has 4 nitrogen and oxygen atoms in total. The largest absolute Gasteiger partial charge is 0.381 e. The summed E-state index contributed by atoms with van der Waals surface area (Å²) in [4.78, 5) is 4.52. The molecule has 3 rings (SSSR count). The van der Waals surface area contributed by atoms with Gasteiger partial charge in [-0.3, -0.25) is 16.3 Å². The summed E-state index contributed by atoms with van der Waals surface area (Å²) in [6.07, 6.45) is 1.05. The number of rotatable bonds is 3. The summed E-state index contributed by atoms with van der Waals surface area (Å²) in [6.45, 7) is 3.61. The monoisotopic (exact) mass is 257 g/mol. The van der Waals surface area contributed by atoms with Crippen molar-refractivity contribution in [1.29, 1.82) is 0 Å². The van der Waals surface area contributed by atoms with Crippen molar-refractivity contribution in [2.45, 2.75) is 19.4 Å². The van der Waals surface area contributed by atoms with E-state index < -0.39 is 0 Å². The molecule has 0 radical (unpaired) electrons. The van der Waals surface area contributed by atoms with Crippen LogP contribution in [0.15, 0.2) is 30.3 Å². The standard InChI is InChI=1S/C15H19N3O/c1-10-2-3-11-8-12(4-5-14(11)17-10)15(18-16)13-6-7-19-9-13/h2-5,8,13,15,18H,6-7,9,16H2,1H3. The number of hydrogen-bond acceptors (Lipinski definition) is 4. The first-order valence-electron chi connectivity index (χ1n) is 6.69. The van der Waals surface area contributed by atoms with E-state index in [2.05, 4.69) is 34.7 Å². The van der Waals surface area contributed by atoms with Crippen molar-refractivity contribution in [3.8, 4) is 0 Å². The second kappa shape index (κ2) is 5.25. The third-order valence-electron chi connectivity index (χ3n) is 3.83. The van der Waals surface area contributed by atoms with Crippen molar-refractivity contribution in [2.24, 2.45) is 11.8 Å². The first kappa shape index (κ1) is 12.5. The van der Waals surface area contributed by atoms with Gasteiger partial charge in [-0.2, -0.15) is 0 Å². The minimum absolute atomic E-state index is 0.146. The summed E-state index contributed by atoms with van der Waals surface area (Å²) in [7, 11) is 0. The fourth-order valence-electron chi connectivity index (χ4n) is 2.76. The highest BCUT2D eigenvalue weighted by atomic mass is 16.5. The van der Waals surface area contributed by atoms with Gasteiger partial charge in [0.25, 0.3) is 0 Å². The highest BCUT2D eigenvalue weighted by Gasteiger charge is 2.26. The number of aryl methyl sites for hydroxylation is 1. The molecule has 3 N–H and O–H groups in total. The zero-order chi connectivity index (χ0) is 13.2. The zero-order valence-corrected chi connectivity index (χ0v) is 11.1. The van der Waals surface area contributed by atoms with Gasteiger partial charge in [0.2, 0.25) is 0 Å². The number of fused-ring (bicyclic) bond motifs is 1. The van der Waals surface area contributed by atoms with Crippen LogP contribution in [0.4, 0.5) is 0 Å². The van der Waals surface area contributed by atoms with Gasteiger partial charge >= 0.3 is 0 Å². The summed E-state index contributed by atoms with van der Waals surface area (Å²) >= 11 is 0. The number of ether oxygens (including phenoxy) is 1. The molecule has 1 aromatic heterocycles. The minimum Gasteiger partial charge on any atom is -0.381 e. The van der Waals surface area contributed by atoms with Gasteiger partial charge in [-0.1, -0.05) is 12.1 Å². The predicted molar refractivity (Wildman–Crippen MR) is 75.5 cm³/mol. The molecule has 0 bridgehead atoms. The summed E-state index contributed by atoms with van der Waals surface area (Å²) in [5.74, 6) is 6.18. The molecule has 2 aromatic rings. The first-order chi connectivity index (χ1) is 9.28. The molecular formula is C15H19N3O. The Morgan fingerprint density at radius 3 is 3.00 bits per heavy atom. The average Bonchev–Trinajstić information content (AvgIpc) is 2.93. The maximum Gasteiger partial charge on any atom is 0.0705 e. The molecule has 1 aliphatic heterocycles. The van der Waals surface area contributed by atoms with Crippen LogP contribution >= 0.6 is 0 Å². The van der Waals surface area contributed by atoms with E-state index in [1.165, 1.54) is 5.56 Å². The highest BCUT2D eigenvalue weighted by molar-refractivity contribution is 5.79. The quantitative estimate of drug-likeness (QED) is 0.653. The van der Waals surface area contributed by atoms with Crippen molar-refractivity contribution in [2.75, 3.05) is 13.2 Å². The number of nitrogens with two attached hydrogens (primary N) is 1. The number of aromatic nitrogens is 1. The third-order valence-corrected chi connectivity index (χ3v) is 3.83. The van der Waals surface area contributed by atoms with E-state index in [4.69, 9.17) is 10.6 Å². The summed E-state index contributed by atoms with van der Waals surface area (Å²) in [5, 5.41) is 1.15. The molecule has 2 unspecified atom stereocenters. The SMILES string of the molecule is Cc1ccc2cc(C(NN)C3CCOC3)ccc2n1. The zero-order valence-electron chi connectivity index (χ0n) is 11.1. The smallest absolute Gasteiger partial charge is 0.0705 e. The Balaban J connectivity index is 1.96. The Hall–Kier alpha value is -1.49. The maximum atomic E-state index is 5.73.